The highest BCUT2D eigenvalue weighted by Gasteiger charge is 2.33. The number of carbonyl (C=O) groups is 10. The number of nitrogens with one attached hydrogen (secondary N) is 6. The third kappa shape index (κ3) is 23.1. The molecule has 0 rings (SSSR count). The van der Waals surface area contributed by atoms with Crippen molar-refractivity contribution in [3.8, 4) is 0 Å². The molecule has 0 aliphatic heterocycles. The van der Waals surface area contributed by atoms with E-state index < -0.39 is 134 Å². The Balaban J connectivity index is 5.87. The molecule has 0 aliphatic carbocycles. The van der Waals surface area contributed by atoms with E-state index in [1.165, 1.54) is 0 Å². The molecule has 21 N–H and O–H groups in total. The molecule has 332 valence electrons. The molecule has 59 heavy (non-hydrogen) atoms. The van der Waals surface area contributed by atoms with Gasteiger partial charge in [0.15, 0.2) is 11.9 Å². The highest BCUT2D eigenvalue weighted by atomic mass is 16.4. The summed E-state index contributed by atoms with van der Waals surface area (Å²) in [5.74, 6) is -12.9. The summed E-state index contributed by atoms with van der Waals surface area (Å²) >= 11 is 0. The number of carbonyl (C=O) groups excluding carboxylic acids is 7. The second-order valence-corrected chi connectivity index (χ2v) is 13.3. The van der Waals surface area contributed by atoms with E-state index in [1.807, 2.05) is 0 Å². The van der Waals surface area contributed by atoms with Crippen LogP contribution in [0.15, 0.2) is 9.98 Å². The lowest BCUT2D eigenvalue weighted by atomic mass is 10.0. The van der Waals surface area contributed by atoms with Crippen molar-refractivity contribution in [1.29, 1.82) is 0 Å². The van der Waals surface area contributed by atoms with E-state index in [-0.39, 0.29) is 50.7 Å². The van der Waals surface area contributed by atoms with Gasteiger partial charge in [0.25, 0.3) is 0 Å². The van der Waals surface area contributed by atoms with Gasteiger partial charge in [-0.1, -0.05) is 13.8 Å². The molecule has 0 aliphatic rings. The maximum Gasteiger partial charge on any atom is 0.326 e. The van der Waals surface area contributed by atoms with Crippen molar-refractivity contribution >= 4 is 71.2 Å². The molecule has 7 amide bonds. The van der Waals surface area contributed by atoms with Gasteiger partial charge < -0.3 is 81.6 Å². The summed E-state index contributed by atoms with van der Waals surface area (Å²) < 4.78 is 0. The van der Waals surface area contributed by atoms with Gasteiger partial charge in [-0.3, -0.25) is 53.1 Å². The number of carboxylic acids is 3. The van der Waals surface area contributed by atoms with Crippen LogP contribution >= 0.6 is 0 Å². The Bertz CT molecular complexity index is 1580. The van der Waals surface area contributed by atoms with E-state index in [0.29, 0.717) is 0 Å². The molecule has 0 aromatic heterocycles. The van der Waals surface area contributed by atoms with Crippen LogP contribution in [-0.4, -0.2) is 142 Å². The van der Waals surface area contributed by atoms with Crippen LogP contribution in [0.1, 0.15) is 65.2 Å². The van der Waals surface area contributed by atoms with Gasteiger partial charge in [0.05, 0.1) is 25.4 Å². The zero-order valence-electron chi connectivity index (χ0n) is 32.6. The first-order chi connectivity index (χ1) is 27.4. The number of hydrogen-bond donors (Lipinski definition) is 15. The number of nitrogens with two attached hydrogens (primary N) is 6. The molecule has 27 heteroatoms. The molecule has 0 fully saturated rings. The maximum absolute atomic E-state index is 13.4. The third-order valence-electron chi connectivity index (χ3n) is 7.88. The number of amides is 7. The first-order valence-corrected chi connectivity index (χ1v) is 18.0. The molecule has 0 heterocycles. The third-order valence-corrected chi connectivity index (χ3v) is 7.88. The molecule has 0 radical (unpaired) electrons. The lowest BCUT2D eigenvalue weighted by Crippen LogP contribution is -2.59. The van der Waals surface area contributed by atoms with Crippen LogP contribution in [-0.2, 0) is 47.9 Å². The van der Waals surface area contributed by atoms with Gasteiger partial charge in [0.2, 0.25) is 41.4 Å². The van der Waals surface area contributed by atoms with Crippen molar-refractivity contribution in [2.45, 2.75) is 101 Å². The molecular weight excluding hydrogens is 788 g/mol. The summed E-state index contributed by atoms with van der Waals surface area (Å²) in [6.45, 7) is 2.45. The van der Waals surface area contributed by atoms with E-state index in [4.69, 9.17) is 34.4 Å². The van der Waals surface area contributed by atoms with E-state index >= 15 is 0 Å². The zero-order valence-corrected chi connectivity index (χ0v) is 32.6. The van der Waals surface area contributed by atoms with Gasteiger partial charge >= 0.3 is 17.9 Å². The highest BCUT2D eigenvalue weighted by molar-refractivity contribution is 5.98. The normalized spacial score (nSPS) is 13.7. The minimum absolute atomic E-state index is 0.0170. The first kappa shape index (κ1) is 52.2. The average Bonchev–Trinajstić information content (AvgIpc) is 3.12. The molecule has 6 atom stereocenters. The molecule has 27 nitrogen and oxygen atoms in total. The van der Waals surface area contributed by atoms with E-state index in [0.717, 1.165) is 0 Å². The number of aliphatic carboxylic acids is 3. The molecule has 0 spiro atoms. The summed E-state index contributed by atoms with van der Waals surface area (Å²) in [6, 6.07) is -9.34. The summed E-state index contributed by atoms with van der Waals surface area (Å²) in [7, 11) is 0. The number of aliphatic imine (C=N–C) groups is 2. The lowest BCUT2D eigenvalue weighted by molar-refractivity contribution is -0.143. The van der Waals surface area contributed by atoms with Crippen molar-refractivity contribution in [2.75, 3.05) is 19.6 Å². The predicted molar refractivity (Wildman–Crippen MR) is 206 cm³/mol. The Labute approximate surface area is 337 Å². The Morgan fingerprint density at radius 1 is 0.559 bits per heavy atom. The van der Waals surface area contributed by atoms with Crippen molar-refractivity contribution < 1.29 is 63.3 Å². The summed E-state index contributed by atoms with van der Waals surface area (Å²) in [5, 5.41) is 41.4. The van der Waals surface area contributed by atoms with E-state index in [2.05, 4.69) is 41.9 Å². The largest absolute Gasteiger partial charge is 0.481 e. The molecule has 0 unspecified atom stereocenters. The Morgan fingerprint density at radius 2 is 1.05 bits per heavy atom. The monoisotopic (exact) mass is 844 g/mol. The fourth-order valence-corrected chi connectivity index (χ4v) is 4.88. The van der Waals surface area contributed by atoms with Crippen molar-refractivity contribution in [1.82, 2.24) is 31.9 Å². The molecule has 0 aromatic carbocycles. The first-order valence-electron chi connectivity index (χ1n) is 18.0. The quantitative estimate of drug-likeness (QED) is 0.0189. The van der Waals surface area contributed by atoms with Gasteiger partial charge in [-0.15, -0.1) is 0 Å². The number of guanidine groups is 2. The number of nitrogens with zero attached hydrogens (tertiary/aromatic N) is 2. The van der Waals surface area contributed by atoms with Crippen LogP contribution in [0.2, 0.25) is 0 Å². The van der Waals surface area contributed by atoms with Gasteiger partial charge in [-0.25, -0.2) is 4.79 Å². The van der Waals surface area contributed by atoms with Gasteiger partial charge in [0.1, 0.15) is 30.2 Å². The zero-order chi connectivity index (χ0) is 45.4. The number of hydrogen-bond acceptors (Lipinski definition) is 13. The summed E-state index contributed by atoms with van der Waals surface area (Å²) in [4.78, 5) is 132. The molecule has 0 saturated heterocycles. The van der Waals surface area contributed by atoms with E-state index in [1.54, 1.807) is 13.8 Å². The fourth-order valence-electron chi connectivity index (χ4n) is 4.88. The van der Waals surface area contributed by atoms with Crippen LogP contribution in [0.4, 0.5) is 0 Å². The van der Waals surface area contributed by atoms with Gasteiger partial charge in [-0.05, 0) is 38.0 Å². The topological polar surface area (TPSA) is 484 Å². The molecule has 0 bridgehead atoms. The lowest BCUT2D eigenvalue weighted by Gasteiger charge is -2.25. The van der Waals surface area contributed by atoms with Crippen LogP contribution in [0.5, 0.6) is 0 Å². The van der Waals surface area contributed by atoms with E-state index in [9.17, 15) is 63.3 Å². The number of carboxylic acid groups (broad SMARTS) is 3. The van der Waals surface area contributed by atoms with Crippen molar-refractivity contribution in [3.63, 3.8) is 0 Å². The molecular formula is C32H56N14O13. The maximum atomic E-state index is 13.4. The van der Waals surface area contributed by atoms with Crippen LogP contribution in [0.25, 0.3) is 0 Å². The average molecular weight is 845 g/mol. The predicted octanol–water partition coefficient (Wildman–Crippen LogP) is -7.08. The number of primary amides is 1. The minimum Gasteiger partial charge on any atom is -0.481 e. The van der Waals surface area contributed by atoms with Crippen LogP contribution in [0, 0.1) is 5.92 Å². The van der Waals surface area contributed by atoms with Crippen molar-refractivity contribution in [3.05, 3.63) is 0 Å². The second kappa shape index (κ2) is 26.9. The van der Waals surface area contributed by atoms with Gasteiger partial charge in [0, 0.05) is 19.5 Å². The number of rotatable bonds is 29. The smallest absolute Gasteiger partial charge is 0.326 e. The summed E-state index contributed by atoms with van der Waals surface area (Å²) in [6.07, 6.45) is -2.85. The molecule has 0 saturated carbocycles. The molecule has 0 aromatic rings. The summed E-state index contributed by atoms with van der Waals surface area (Å²) in [5.41, 5.74) is 32.0. The Morgan fingerprint density at radius 3 is 1.54 bits per heavy atom. The second-order valence-electron chi connectivity index (χ2n) is 13.3. The Hall–Kier alpha value is -6.80. The minimum atomic E-state index is -1.82. The van der Waals surface area contributed by atoms with Gasteiger partial charge in [-0.2, -0.15) is 0 Å². The Kier molecular flexibility index (Phi) is 23.8. The van der Waals surface area contributed by atoms with Crippen LogP contribution < -0.4 is 66.3 Å². The SMILES string of the molecule is CC(C)[C@H](NC(=O)CNC(=O)[C@H](CC(N)=O)NC(=O)[C@H](CCC(=O)O)NC(=O)[C@H](CC(=O)O)NC(=O)[C@@H](N)CCCN=C(N)N)C(=O)N[C@@H](CCCN=C(N)N)C(=O)O. The van der Waals surface area contributed by atoms with Crippen LogP contribution in [0.3, 0.4) is 0 Å². The highest BCUT2D eigenvalue weighted by Crippen LogP contribution is 2.07. The van der Waals surface area contributed by atoms with Crippen molar-refractivity contribution in [2.24, 2.45) is 50.3 Å². The fraction of sp³-hybridized carbons (Fsp3) is 0.625. The standard InChI is InChI=1S/C32H56N14O13/c1-14(2)24(29(57)43-17(30(58)59)6-4-10-40-32(37)38)46-21(48)13-41-26(54)18(11-20(34)47)45-27(55)16(7-8-22(49)50)42-28(56)19(12-23(51)52)44-25(53)15(33)5-3-9-39-31(35)36/h14-19,24H,3-13,33H2,1-2H3,(H2,34,47)(H,41,54)(H,42,56)(H,43,57)(H,44,53)(H,45,55)(H,46,48)(H,49,50)(H,51,52)(H,58,59)(H4,35,36,39)(H4,37,38,40)/t15-,16-,17-,18-,19-,24-/m0/s1.